The third-order valence-electron chi connectivity index (χ3n) is 9.12. The average molecular weight is 708 g/mol. The highest BCUT2D eigenvalue weighted by atomic mass is 35.5. The lowest BCUT2D eigenvalue weighted by Crippen LogP contribution is -2.39. The van der Waals surface area contributed by atoms with E-state index >= 15 is 0 Å². The molecular formula is C42H34ClN5O4. The first-order chi connectivity index (χ1) is 25.4. The van der Waals surface area contributed by atoms with Crippen LogP contribution in [0.3, 0.4) is 0 Å². The van der Waals surface area contributed by atoms with Gasteiger partial charge in [0.05, 0.1) is 25.8 Å². The monoisotopic (exact) mass is 707 g/mol. The first-order valence-corrected chi connectivity index (χ1v) is 17.0. The Kier molecular flexibility index (Phi) is 9.88. The van der Waals surface area contributed by atoms with Crippen molar-refractivity contribution in [2.24, 2.45) is 0 Å². The minimum Gasteiger partial charge on any atom is -0.465 e. The molecule has 0 N–H and O–H groups in total. The van der Waals surface area contributed by atoms with Crippen molar-refractivity contribution in [2.45, 2.75) is 18.7 Å². The van der Waals surface area contributed by atoms with Gasteiger partial charge in [-0.2, -0.15) is 0 Å². The fraction of sp³-hybridized carbons (Fsp3) is 0.119. The topological polar surface area (TPSA) is 101 Å². The number of methoxy groups -OCH3 is 2. The number of hydrogen-bond donors (Lipinski definition) is 0. The highest BCUT2D eigenvalue weighted by Gasteiger charge is 2.42. The van der Waals surface area contributed by atoms with Gasteiger partial charge in [-0.05, 0) is 50.4 Å². The number of pyridine rings is 1. The van der Waals surface area contributed by atoms with Crippen LogP contribution in [-0.4, -0.2) is 45.0 Å². The Balaban J connectivity index is 1.35. The van der Waals surface area contributed by atoms with E-state index in [9.17, 15) is 9.59 Å². The van der Waals surface area contributed by atoms with Crippen LogP contribution in [0.4, 0.5) is 0 Å². The van der Waals surface area contributed by atoms with Crippen LogP contribution < -0.4 is 5.56 Å². The van der Waals surface area contributed by atoms with Crippen molar-refractivity contribution in [3.8, 4) is 22.5 Å². The van der Waals surface area contributed by atoms with Crippen molar-refractivity contribution in [3.05, 3.63) is 194 Å². The second-order valence-corrected chi connectivity index (χ2v) is 12.6. The normalized spacial score (nSPS) is 11.4. The molecule has 5 aromatic carbocycles. The summed E-state index contributed by atoms with van der Waals surface area (Å²) in [5.41, 5.74) is 5.56. The molecular weight excluding hydrogens is 674 g/mol. The van der Waals surface area contributed by atoms with Gasteiger partial charge in [0.2, 0.25) is 0 Å². The van der Waals surface area contributed by atoms with Crippen molar-refractivity contribution in [1.82, 2.24) is 24.8 Å². The number of tetrazole rings is 1. The quantitative estimate of drug-likeness (QED) is 0.101. The van der Waals surface area contributed by atoms with Crippen molar-refractivity contribution >= 4 is 17.6 Å². The Morgan fingerprint density at radius 2 is 1.29 bits per heavy atom. The Morgan fingerprint density at radius 3 is 1.85 bits per heavy atom. The maximum absolute atomic E-state index is 13.2. The number of aromatic nitrogens is 5. The Labute approximate surface area is 305 Å². The zero-order valence-corrected chi connectivity index (χ0v) is 29.3. The van der Waals surface area contributed by atoms with E-state index in [1.165, 1.54) is 20.3 Å². The van der Waals surface area contributed by atoms with Crippen LogP contribution in [0.15, 0.2) is 150 Å². The predicted octanol–water partition coefficient (Wildman–Crippen LogP) is 7.64. The molecule has 9 nitrogen and oxygen atoms in total. The first-order valence-electron chi connectivity index (χ1n) is 16.6. The number of rotatable bonds is 11. The van der Waals surface area contributed by atoms with Crippen molar-refractivity contribution in [2.75, 3.05) is 14.2 Å². The van der Waals surface area contributed by atoms with Crippen molar-refractivity contribution < 1.29 is 14.3 Å². The maximum Gasteiger partial charge on any atom is 0.338 e. The van der Waals surface area contributed by atoms with Crippen molar-refractivity contribution in [1.29, 1.82) is 0 Å². The van der Waals surface area contributed by atoms with Crippen molar-refractivity contribution in [3.63, 3.8) is 0 Å². The summed E-state index contributed by atoms with van der Waals surface area (Å²) in [6, 6.07) is 47.2. The highest BCUT2D eigenvalue weighted by molar-refractivity contribution is 6.33. The van der Waals surface area contributed by atoms with Crippen LogP contribution >= 0.6 is 11.6 Å². The van der Waals surface area contributed by atoms with Crippen LogP contribution in [-0.2, 0) is 28.2 Å². The van der Waals surface area contributed by atoms with Gasteiger partial charge in [-0.25, -0.2) is 9.48 Å². The summed E-state index contributed by atoms with van der Waals surface area (Å²) in [7, 11) is 2.81. The summed E-state index contributed by atoms with van der Waals surface area (Å²) in [5, 5.41) is 14.1. The van der Waals surface area contributed by atoms with E-state index in [1.54, 1.807) is 10.6 Å². The van der Waals surface area contributed by atoms with Gasteiger partial charge in [0.1, 0.15) is 5.54 Å². The van der Waals surface area contributed by atoms with E-state index in [0.29, 0.717) is 16.5 Å². The molecule has 0 saturated carbocycles. The second kappa shape index (κ2) is 15.0. The van der Waals surface area contributed by atoms with Gasteiger partial charge in [-0.1, -0.05) is 139 Å². The molecule has 0 fully saturated rings. The average Bonchev–Trinajstić information content (AvgIpc) is 3.67. The number of nitrogens with zero attached hydrogens (tertiary/aromatic N) is 5. The molecule has 7 rings (SSSR count). The van der Waals surface area contributed by atoms with Gasteiger partial charge in [0.15, 0.2) is 5.82 Å². The molecule has 52 heavy (non-hydrogen) atoms. The Bertz CT molecular complexity index is 2300. The molecule has 0 unspecified atom stereocenters. The van der Waals surface area contributed by atoms with Crippen LogP contribution in [0.5, 0.6) is 0 Å². The molecule has 258 valence electrons. The molecule has 10 heteroatoms. The molecule has 2 heterocycles. The largest absolute Gasteiger partial charge is 0.465 e. The van der Waals surface area contributed by atoms with E-state index in [0.717, 1.165) is 38.9 Å². The number of benzene rings is 5. The number of esters is 1. The summed E-state index contributed by atoms with van der Waals surface area (Å²) in [4.78, 5) is 25.3. The third-order valence-corrected chi connectivity index (χ3v) is 9.43. The van der Waals surface area contributed by atoms with Crippen LogP contribution in [0.25, 0.3) is 22.5 Å². The number of ether oxygens (including phenoxy) is 2. The van der Waals surface area contributed by atoms with Gasteiger partial charge in [-0.15, -0.1) is 5.10 Å². The van der Waals surface area contributed by atoms with E-state index in [1.807, 2.05) is 102 Å². The molecule has 2 aromatic heterocycles. The van der Waals surface area contributed by atoms with E-state index in [2.05, 4.69) is 46.7 Å². The molecule has 7 aromatic rings. The van der Waals surface area contributed by atoms with Gasteiger partial charge >= 0.3 is 5.97 Å². The summed E-state index contributed by atoms with van der Waals surface area (Å²) in [6.07, 6.45) is 0. The minimum absolute atomic E-state index is 0.129. The van der Waals surface area contributed by atoms with E-state index in [4.69, 9.17) is 26.3 Å². The molecule has 0 bridgehead atoms. The van der Waals surface area contributed by atoms with E-state index in [-0.39, 0.29) is 24.3 Å². The Hall–Kier alpha value is -6.16. The fourth-order valence-electron chi connectivity index (χ4n) is 6.79. The minimum atomic E-state index is -0.931. The number of halogens is 1. The second-order valence-electron chi connectivity index (χ2n) is 12.2. The molecule has 0 radical (unpaired) electrons. The maximum atomic E-state index is 13.2. The lowest BCUT2D eigenvalue weighted by Gasteiger charge is -2.36. The van der Waals surface area contributed by atoms with Crippen LogP contribution in [0.2, 0.25) is 5.02 Å². The summed E-state index contributed by atoms with van der Waals surface area (Å²) >= 11 is 7.08. The van der Waals surface area contributed by atoms with Gasteiger partial charge < -0.3 is 14.0 Å². The van der Waals surface area contributed by atoms with Crippen LogP contribution in [0, 0.1) is 0 Å². The molecule has 0 aliphatic rings. The van der Waals surface area contributed by atoms with Gasteiger partial charge in [-0.3, -0.25) is 4.79 Å². The molecule has 0 amide bonds. The lowest BCUT2D eigenvalue weighted by molar-refractivity contribution is 0.0599. The zero-order chi connectivity index (χ0) is 36.1. The van der Waals surface area contributed by atoms with Gasteiger partial charge in [0, 0.05) is 35.0 Å². The third kappa shape index (κ3) is 6.32. The molecule has 0 spiro atoms. The molecule has 0 aliphatic heterocycles. The summed E-state index contributed by atoms with van der Waals surface area (Å²) < 4.78 is 13.6. The summed E-state index contributed by atoms with van der Waals surface area (Å²) in [5.74, 6) is -0.0407. The highest BCUT2D eigenvalue weighted by Crippen LogP contribution is 2.44. The molecule has 0 aliphatic carbocycles. The molecule has 0 atom stereocenters. The SMILES string of the molecule is COCc1cc(C(=O)OC)cc(=O)n1Cc1ccc(-c2ccccc2-c2nnnn2C(c2ccccc2)(c2ccccc2)c2ccccc2)c(Cl)c1. The smallest absolute Gasteiger partial charge is 0.338 e. The number of carbonyl (C=O) groups excluding carboxylic acids is 1. The standard InChI is InChI=1S/C42H34ClN5O4/c1-51-28-34-25-30(41(50)52-2)26-39(49)47(34)27-29-22-23-36(38(43)24-29)35-20-12-13-21-37(35)40-44-45-46-48(40)42(31-14-6-3-7-15-31,32-16-8-4-9-17-32)33-18-10-5-11-19-33/h3-26H,27-28H2,1-2H3. The number of carbonyl (C=O) groups is 1. The number of hydrogen-bond acceptors (Lipinski definition) is 7. The zero-order valence-electron chi connectivity index (χ0n) is 28.5. The predicted molar refractivity (Wildman–Crippen MR) is 200 cm³/mol. The van der Waals surface area contributed by atoms with Gasteiger partial charge in [0.25, 0.3) is 5.56 Å². The summed E-state index contributed by atoms with van der Waals surface area (Å²) in [6.45, 7) is 0.344. The lowest BCUT2D eigenvalue weighted by atomic mass is 9.77. The van der Waals surface area contributed by atoms with Crippen LogP contribution in [0.1, 0.15) is 38.3 Å². The molecule has 0 saturated heterocycles. The van der Waals surface area contributed by atoms with E-state index < -0.39 is 11.5 Å². The first kappa shape index (κ1) is 34.3. The Morgan fingerprint density at radius 1 is 0.712 bits per heavy atom. The fourth-order valence-corrected chi connectivity index (χ4v) is 7.10.